The first-order chi connectivity index (χ1) is 9.84. The lowest BCUT2D eigenvalue weighted by atomic mass is 10.2. The van der Waals surface area contributed by atoms with Gasteiger partial charge in [-0.2, -0.15) is 0 Å². The van der Waals surface area contributed by atoms with Crippen LogP contribution in [0.5, 0.6) is 0 Å². The summed E-state index contributed by atoms with van der Waals surface area (Å²) in [6.07, 6.45) is 9.33. The van der Waals surface area contributed by atoms with Crippen LogP contribution in [0.1, 0.15) is 44.2 Å². The van der Waals surface area contributed by atoms with Crippen LogP contribution in [-0.4, -0.2) is 30.1 Å². The molecule has 4 heteroatoms. The highest BCUT2D eigenvalue weighted by molar-refractivity contribution is 5.76. The van der Waals surface area contributed by atoms with Crippen molar-refractivity contribution < 1.29 is 9.53 Å². The van der Waals surface area contributed by atoms with Gasteiger partial charge >= 0.3 is 0 Å². The van der Waals surface area contributed by atoms with Crippen LogP contribution in [0, 0.1) is 0 Å². The smallest absolute Gasteiger partial charge is 0.220 e. The van der Waals surface area contributed by atoms with Crippen molar-refractivity contribution >= 4 is 5.91 Å². The van der Waals surface area contributed by atoms with Gasteiger partial charge in [-0.1, -0.05) is 18.9 Å². The van der Waals surface area contributed by atoms with Crippen LogP contribution < -0.4 is 5.32 Å². The summed E-state index contributed by atoms with van der Waals surface area (Å²) in [7, 11) is 0. The van der Waals surface area contributed by atoms with E-state index >= 15 is 0 Å². The second-order valence-corrected chi connectivity index (χ2v) is 5.30. The van der Waals surface area contributed by atoms with Crippen LogP contribution in [0.4, 0.5) is 0 Å². The summed E-state index contributed by atoms with van der Waals surface area (Å²) in [5.41, 5.74) is 0.965. The summed E-state index contributed by atoms with van der Waals surface area (Å²) >= 11 is 0. The summed E-state index contributed by atoms with van der Waals surface area (Å²) in [4.78, 5) is 15.9. The Bertz CT molecular complexity index is 389. The molecule has 1 heterocycles. The quantitative estimate of drug-likeness (QED) is 0.742. The second kappa shape index (κ2) is 8.69. The van der Waals surface area contributed by atoms with E-state index in [9.17, 15) is 4.79 Å². The lowest BCUT2D eigenvalue weighted by Crippen LogP contribution is -2.26. The first-order valence-electron chi connectivity index (χ1n) is 7.63. The maximum Gasteiger partial charge on any atom is 0.220 e. The van der Waals surface area contributed by atoms with Gasteiger partial charge in [0.15, 0.2) is 0 Å². The molecule has 0 saturated heterocycles. The van der Waals surface area contributed by atoms with E-state index in [1.54, 1.807) is 6.20 Å². The van der Waals surface area contributed by atoms with Gasteiger partial charge < -0.3 is 10.1 Å². The Balaban J connectivity index is 1.47. The topological polar surface area (TPSA) is 51.2 Å². The average molecular weight is 276 g/mol. The Hall–Kier alpha value is -1.42. The zero-order valence-electron chi connectivity index (χ0n) is 12.0. The van der Waals surface area contributed by atoms with Crippen LogP contribution >= 0.6 is 0 Å². The van der Waals surface area contributed by atoms with Crippen molar-refractivity contribution in [3.63, 3.8) is 0 Å². The third kappa shape index (κ3) is 5.70. The van der Waals surface area contributed by atoms with E-state index in [1.165, 1.54) is 25.7 Å². The predicted octanol–water partition coefficient (Wildman–Crippen LogP) is 2.48. The second-order valence-electron chi connectivity index (χ2n) is 5.30. The van der Waals surface area contributed by atoms with Gasteiger partial charge in [-0.05, 0) is 37.8 Å². The summed E-state index contributed by atoms with van der Waals surface area (Å²) < 4.78 is 5.75. The molecule has 110 valence electrons. The fourth-order valence-corrected chi connectivity index (χ4v) is 2.48. The Kier molecular flexibility index (Phi) is 6.51. The number of aromatic nitrogens is 1. The molecule has 0 atom stereocenters. The van der Waals surface area contributed by atoms with E-state index in [0.717, 1.165) is 18.7 Å². The van der Waals surface area contributed by atoms with Crippen molar-refractivity contribution in [2.75, 3.05) is 13.2 Å². The van der Waals surface area contributed by atoms with Gasteiger partial charge in [0.25, 0.3) is 0 Å². The fraction of sp³-hybridized carbons (Fsp3) is 0.625. The van der Waals surface area contributed by atoms with Crippen molar-refractivity contribution in [2.24, 2.45) is 0 Å². The number of rotatable bonds is 8. The standard InChI is InChI=1S/C16H24N2O2/c19-16(10-9-14-6-3-4-11-17-14)18-12-5-13-20-15-7-1-2-8-15/h3-4,6,11,15H,1-2,5,7-10,12-13H2,(H,18,19). The molecule has 0 bridgehead atoms. The Labute approximate surface area is 120 Å². The van der Waals surface area contributed by atoms with Gasteiger partial charge in [0.05, 0.1) is 6.10 Å². The maximum absolute atomic E-state index is 11.7. The minimum atomic E-state index is 0.0940. The predicted molar refractivity (Wildman–Crippen MR) is 78.4 cm³/mol. The van der Waals surface area contributed by atoms with Gasteiger partial charge in [0.1, 0.15) is 0 Å². The van der Waals surface area contributed by atoms with Gasteiger partial charge in [0.2, 0.25) is 5.91 Å². The highest BCUT2D eigenvalue weighted by Crippen LogP contribution is 2.20. The molecule has 0 aliphatic heterocycles. The van der Waals surface area contributed by atoms with Crippen molar-refractivity contribution in [3.05, 3.63) is 30.1 Å². The summed E-state index contributed by atoms with van der Waals surface area (Å²) in [6, 6.07) is 5.78. The molecule has 1 aliphatic carbocycles. The molecule has 0 spiro atoms. The largest absolute Gasteiger partial charge is 0.378 e. The Morgan fingerprint density at radius 2 is 2.20 bits per heavy atom. The number of aryl methyl sites for hydroxylation is 1. The van der Waals surface area contributed by atoms with Gasteiger partial charge in [-0.15, -0.1) is 0 Å². The number of nitrogens with one attached hydrogen (secondary N) is 1. The molecule has 0 unspecified atom stereocenters. The van der Waals surface area contributed by atoms with Crippen molar-refractivity contribution in [3.8, 4) is 0 Å². The molecule has 1 aromatic heterocycles. The third-order valence-corrected chi connectivity index (χ3v) is 3.63. The zero-order valence-corrected chi connectivity index (χ0v) is 12.0. The number of hydrogen-bond donors (Lipinski definition) is 1. The lowest BCUT2D eigenvalue weighted by molar-refractivity contribution is -0.121. The molecular weight excluding hydrogens is 252 g/mol. The number of ether oxygens (including phenoxy) is 1. The minimum Gasteiger partial charge on any atom is -0.378 e. The Morgan fingerprint density at radius 1 is 1.35 bits per heavy atom. The Morgan fingerprint density at radius 3 is 2.95 bits per heavy atom. The van der Waals surface area contributed by atoms with Crippen LogP contribution in [0.3, 0.4) is 0 Å². The molecule has 0 radical (unpaired) electrons. The minimum absolute atomic E-state index is 0.0940. The molecule has 1 aromatic rings. The van der Waals surface area contributed by atoms with E-state index in [1.807, 2.05) is 18.2 Å². The molecule has 20 heavy (non-hydrogen) atoms. The zero-order chi connectivity index (χ0) is 14.0. The first kappa shape index (κ1) is 15.0. The van der Waals surface area contributed by atoms with E-state index in [4.69, 9.17) is 4.74 Å². The average Bonchev–Trinajstić information content (AvgIpc) is 2.99. The molecule has 1 N–H and O–H groups in total. The fourth-order valence-electron chi connectivity index (χ4n) is 2.48. The van der Waals surface area contributed by atoms with E-state index in [2.05, 4.69) is 10.3 Å². The number of carbonyl (C=O) groups excluding carboxylic acids is 1. The van der Waals surface area contributed by atoms with Gasteiger partial charge in [-0.25, -0.2) is 0 Å². The molecule has 4 nitrogen and oxygen atoms in total. The van der Waals surface area contributed by atoms with E-state index in [0.29, 0.717) is 25.5 Å². The summed E-state index contributed by atoms with van der Waals surface area (Å²) in [5, 5.41) is 2.93. The van der Waals surface area contributed by atoms with E-state index in [-0.39, 0.29) is 5.91 Å². The number of amides is 1. The first-order valence-corrected chi connectivity index (χ1v) is 7.63. The number of carbonyl (C=O) groups is 1. The van der Waals surface area contributed by atoms with Crippen LogP contribution in [0.2, 0.25) is 0 Å². The normalized spacial score (nSPS) is 15.4. The van der Waals surface area contributed by atoms with Crippen molar-refractivity contribution in [2.45, 2.75) is 51.0 Å². The van der Waals surface area contributed by atoms with Crippen LogP contribution in [0.25, 0.3) is 0 Å². The van der Waals surface area contributed by atoms with Crippen LogP contribution in [-0.2, 0) is 16.0 Å². The summed E-state index contributed by atoms with van der Waals surface area (Å²) in [6.45, 7) is 1.46. The maximum atomic E-state index is 11.7. The monoisotopic (exact) mass is 276 g/mol. The van der Waals surface area contributed by atoms with Gasteiger partial charge in [0, 0.05) is 31.5 Å². The SMILES string of the molecule is O=C(CCc1ccccn1)NCCCOC1CCCC1. The highest BCUT2D eigenvalue weighted by atomic mass is 16.5. The molecule has 1 saturated carbocycles. The van der Waals surface area contributed by atoms with E-state index < -0.39 is 0 Å². The molecule has 1 fully saturated rings. The van der Waals surface area contributed by atoms with Gasteiger partial charge in [-0.3, -0.25) is 9.78 Å². The third-order valence-electron chi connectivity index (χ3n) is 3.63. The molecule has 1 amide bonds. The summed E-state index contributed by atoms with van der Waals surface area (Å²) in [5.74, 6) is 0.0940. The molecule has 1 aliphatic rings. The molecule has 2 rings (SSSR count). The lowest BCUT2D eigenvalue weighted by Gasteiger charge is -2.11. The van der Waals surface area contributed by atoms with Crippen LogP contribution in [0.15, 0.2) is 24.4 Å². The molecule has 0 aromatic carbocycles. The van der Waals surface area contributed by atoms with Crippen molar-refractivity contribution in [1.82, 2.24) is 10.3 Å². The van der Waals surface area contributed by atoms with Crippen molar-refractivity contribution in [1.29, 1.82) is 0 Å². The number of pyridine rings is 1. The number of hydrogen-bond acceptors (Lipinski definition) is 3. The number of nitrogens with zero attached hydrogens (tertiary/aromatic N) is 1. The highest BCUT2D eigenvalue weighted by Gasteiger charge is 2.14. The molecular formula is C16H24N2O2.